The van der Waals surface area contributed by atoms with Gasteiger partial charge in [-0.25, -0.2) is 26.3 Å². The Morgan fingerprint density at radius 1 is 0.440 bits per heavy atom. The highest BCUT2D eigenvalue weighted by atomic mass is 32.2. The summed E-state index contributed by atoms with van der Waals surface area (Å²) in [6.45, 7) is 0.342. The van der Waals surface area contributed by atoms with Gasteiger partial charge in [0.25, 0.3) is 43.2 Å². The third-order valence-corrected chi connectivity index (χ3v) is 14.6. The fraction of sp³-hybridized carbons (Fsp3) is 0.269. The molecular weight excluding hydrogens is 1020 g/mol. The Bertz CT molecular complexity index is 3000. The summed E-state index contributed by atoms with van der Waals surface area (Å²) in [4.78, 5) is 47.2. The molecule has 2 N–H and O–H groups in total. The summed E-state index contributed by atoms with van der Waals surface area (Å²) < 4.78 is 100. The molecule has 21 nitrogen and oxygen atoms in total. The van der Waals surface area contributed by atoms with Crippen molar-refractivity contribution in [2.75, 3.05) is 66.1 Å². The fourth-order valence-corrected chi connectivity index (χ4v) is 10.4. The molecule has 392 valence electrons. The van der Waals surface area contributed by atoms with Crippen LogP contribution in [0.25, 0.3) is 0 Å². The largest absolute Gasteiger partial charge is 0.491 e. The molecule has 2 aliphatic rings. The number of sulfonamides is 2. The minimum Gasteiger partial charge on any atom is -0.491 e. The van der Waals surface area contributed by atoms with E-state index in [1.54, 1.807) is 0 Å². The average molecular weight is 1070 g/mol. The zero-order valence-electron chi connectivity index (χ0n) is 40.1. The summed E-state index contributed by atoms with van der Waals surface area (Å²) in [6.07, 6.45) is 0.711. The lowest BCUT2D eigenvalue weighted by molar-refractivity contribution is -0.385. The average Bonchev–Trinajstić information content (AvgIpc) is 3.37. The number of carbonyl (C=O) groups is 2. The van der Waals surface area contributed by atoms with Gasteiger partial charge >= 0.3 is 0 Å². The summed E-state index contributed by atoms with van der Waals surface area (Å²) in [5.74, 6) is -0.454. The van der Waals surface area contributed by atoms with Crippen LogP contribution in [-0.4, -0.2) is 105 Å². The molecule has 0 saturated carbocycles. The van der Waals surface area contributed by atoms with E-state index >= 15 is 0 Å². The van der Waals surface area contributed by atoms with Crippen molar-refractivity contribution >= 4 is 43.2 Å². The molecule has 1 aliphatic carbocycles. The Morgan fingerprint density at radius 3 is 1.01 bits per heavy atom. The second-order valence-electron chi connectivity index (χ2n) is 17.0. The quantitative estimate of drug-likeness (QED) is 0.109. The molecule has 23 heteroatoms. The third-order valence-electron chi connectivity index (χ3n) is 11.8. The van der Waals surface area contributed by atoms with Crippen molar-refractivity contribution in [2.45, 2.75) is 35.5 Å². The van der Waals surface area contributed by atoms with Crippen molar-refractivity contribution in [1.82, 2.24) is 9.44 Å². The number of benzene rings is 6. The van der Waals surface area contributed by atoms with Gasteiger partial charge in [-0.1, -0.05) is 72.8 Å². The van der Waals surface area contributed by atoms with Gasteiger partial charge in [0.2, 0.25) is 0 Å². The molecule has 2 amide bonds. The number of nitro benzene ring substituents is 2. The molecular formula is C52H50N4O17S2. The van der Waals surface area contributed by atoms with E-state index in [1.807, 2.05) is 82.2 Å². The molecule has 1 aliphatic heterocycles. The maximum atomic E-state index is 13.5. The first kappa shape index (κ1) is 53.3. The molecule has 6 aromatic carbocycles. The third kappa shape index (κ3) is 13.8. The Morgan fingerprint density at radius 2 is 0.720 bits per heavy atom. The van der Waals surface area contributed by atoms with E-state index < -0.39 is 54.9 Å². The van der Waals surface area contributed by atoms with Crippen LogP contribution in [0.5, 0.6) is 23.0 Å². The molecule has 75 heavy (non-hydrogen) atoms. The van der Waals surface area contributed by atoms with Crippen LogP contribution in [0.4, 0.5) is 11.4 Å². The maximum Gasteiger partial charge on any atom is 0.271 e. The van der Waals surface area contributed by atoms with Crippen molar-refractivity contribution in [3.8, 4) is 23.0 Å². The van der Waals surface area contributed by atoms with Crippen molar-refractivity contribution in [2.24, 2.45) is 0 Å². The lowest BCUT2D eigenvalue weighted by atomic mass is 9.91. The van der Waals surface area contributed by atoms with Crippen LogP contribution in [0.3, 0.4) is 0 Å². The molecule has 10 bridgehead atoms. The van der Waals surface area contributed by atoms with E-state index in [0.29, 0.717) is 80.7 Å². The number of non-ortho nitro benzene ring substituents is 2. The van der Waals surface area contributed by atoms with Gasteiger partial charge in [0.1, 0.15) is 36.2 Å². The molecule has 0 spiro atoms. The lowest BCUT2D eigenvalue weighted by Crippen LogP contribution is -2.34. The second kappa shape index (κ2) is 24.4. The van der Waals surface area contributed by atoms with Crippen molar-refractivity contribution in [1.29, 1.82) is 0 Å². The van der Waals surface area contributed by atoms with Gasteiger partial charge in [-0.15, -0.1) is 0 Å². The van der Waals surface area contributed by atoms with E-state index in [9.17, 15) is 46.7 Å². The molecule has 0 radical (unpaired) electrons. The molecule has 0 unspecified atom stereocenters. The van der Waals surface area contributed by atoms with Gasteiger partial charge < -0.3 is 33.2 Å². The number of nitro groups is 2. The Balaban J connectivity index is 1.18. The highest BCUT2D eigenvalue weighted by Gasteiger charge is 2.26. The van der Waals surface area contributed by atoms with E-state index in [-0.39, 0.29) is 86.5 Å². The maximum absolute atomic E-state index is 13.5. The van der Waals surface area contributed by atoms with E-state index in [4.69, 9.17) is 33.2 Å². The summed E-state index contributed by atoms with van der Waals surface area (Å²) >= 11 is 0. The van der Waals surface area contributed by atoms with Gasteiger partial charge in [0.15, 0.2) is 13.2 Å². The van der Waals surface area contributed by atoms with Crippen molar-refractivity contribution in [3.63, 3.8) is 0 Å². The van der Waals surface area contributed by atoms with Gasteiger partial charge in [0, 0.05) is 49.9 Å². The molecule has 1 heterocycles. The number of amides is 2. The highest BCUT2D eigenvalue weighted by molar-refractivity contribution is 7.90. The van der Waals surface area contributed by atoms with E-state index in [0.717, 1.165) is 48.5 Å². The monoisotopic (exact) mass is 1070 g/mol. The predicted octanol–water partition coefficient (Wildman–Crippen LogP) is 5.77. The molecule has 8 rings (SSSR count). The lowest BCUT2D eigenvalue weighted by Gasteiger charge is -2.23. The summed E-state index contributed by atoms with van der Waals surface area (Å²) in [5.41, 5.74) is 4.54. The number of ether oxygens (including phenoxy) is 7. The van der Waals surface area contributed by atoms with Crippen LogP contribution in [0.15, 0.2) is 131 Å². The van der Waals surface area contributed by atoms with Crippen LogP contribution < -0.4 is 28.4 Å². The molecule has 0 fully saturated rings. The van der Waals surface area contributed by atoms with Crippen LogP contribution in [-0.2, 0) is 69.5 Å². The van der Waals surface area contributed by atoms with Gasteiger partial charge in [-0.2, -0.15) is 0 Å². The zero-order chi connectivity index (χ0) is 53.0. The standard InChI is InChI=1S/C52H50N4O17S2/c57-47(53-74(63,64)45-17-13-43(14-18-45)55(59)60)33-72-51-39-9-3-11-41(51)31-37-7-2-8-38-32-42-12-4-10-40(52(42)73-34-48(58)54-75(65,66)46-19-15-44(16-20-46)56(61)62)30-36-6-1-5-35(29-39)49(36)70-27-25-68-23-21-67-22-24-69-26-28-71-50(37)38/h1-20H,21-34H2,(H,53,57)(H,54,58). The number of para-hydroxylation sites is 4. The number of hydrogen-bond donors (Lipinski definition) is 2. The van der Waals surface area contributed by atoms with Gasteiger partial charge in [-0.05, 0) is 68.8 Å². The number of hydrogen-bond acceptors (Lipinski definition) is 17. The normalized spacial score (nSPS) is 14.5. The summed E-state index contributed by atoms with van der Waals surface area (Å²) in [6, 6.07) is 30.3. The number of carbonyl (C=O) groups excluding carboxylic acids is 2. The smallest absolute Gasteiger partial charge is 0.271 e. The van der Waals surface area contributed by atoms with Crippen LogP contribution in [0.1, 0.15) is 44.5 Å². The molecule has 0 aromatic heterocycles. The number of nitrogens with one attached hydrogen (secondary N) is 2. The second-order valence-corrected chi connectivity index (χ2v) is 20.4. The highest BCUT2D eigenvalue weighted by Crippen LogP contribution is 2.39. The Hall–Kier alpha value is -7.96. The molecule has 6 aromatic rings. The first-order valence-electron chi connectivity index (χ1n) is 23.4. The van der Waals surface area contributed by atoms with Gasteiger partial charge in [0.05, 0.1) is 59.3 Å². The Labute approximate surface area is 431 Å². The first-order valence-corrected chi connectivity index (χ1v) is 26.4. The summed E-state index contributed by atoms with van der Waals surface area (Å²) in [7, 11) is -8.92. The number of nitrogens with zero attached hydrogens (tertiary/aromatic N) is 2. The fourth-order valence-electron chi connectivity index (χ4n) is 8.42. The van der Waals surface area contributed by atoms with E-state index in [2.05, 4.69) is 0 Å². The molecule has 0 saturated heterocycles. The minimum absolute atomic E-state index is 0.115. The van der Waals surface area contributed by atoms with E-state index in [1.165, 1.54) is 0 Å². The van der Waals surface area contributed by atoms with Crippen LogP contribution in [0, 0.1) is 20.2 Å². The van der Waals surface area contributed by atoms with Crippen molar-refractivity contribution in [3.05, 3.63) is 186 Å². The number of rotatable bonds is 12. The zero-order valence-corrected chi connectivity index (χ0v) is 41.7. The van der Waals surface area contributed by atoms with Crippen molar-refractivity contribution < 1.29 is 69.4 Å². The molecule has 0 atom stereocenters. The SMILES string of the molecule is O=C(COc1c2cccc1Cc1cccc3c1OCCOCCOCCOCCOc1c(cccc1Cc1cccc(c1OCC(=O)NS(=O)(=O)c1ccc([N+](=O)[O-])cc1)C3)C2)NS(=O)(=O)c1ccc([N+](=O)[O-])cc1. The Kier molecular flexibility index (Phi) is 17.3. The van der Waals surface area contributed by atoms with Gasteiger partial charge in [-0.3, -0.25) is 29.8 Å². The number of fused-ring (bicyclic) bond motifs is 2. The van der Waals surface area contributed by atoms with Crippen LogP contribution in [0.2, 0.25) is 0 Å². The predicted molar refractivity (Wildman–Crippen MR) is 268 cm³/mol. The summed E-state index contributed by atoms with van der Waals surface area (Å²) in [5, 5.41) is 22.4. The van der Waals surface area contributed by atoms with Crippen LogP contribution >= 0.6 is 0 Å². The topological polar surface area (TPSA) is 277 Å². The minimum atomic E-state index is -4.46. The first-order chi connectivity index (χ1) is 36.1.